The Morgan fingerprint density at radius 2 is 1.90 bits per heavy atom. The quantitative estimate of drug-likeness (QED) is 0.633. The van der Waals surface area contributed by atoms with Gasteiger partial charge in [0.2, 0.25) is 0 Å². The van der Waals surface area contributed by atoms with Crippen LogP contribution in [0, 0.1) is 0 Å². The summed E-state index contributed by atoms with van der Waals surface area (Å²) in [5.41, 5.74) is 0.361. The van der Waals surface area contributed by atoms with Crippen LogP contribution in [0.15, 0.2) is 24.3 Å². The van der Waals surface area contributed by atoms with Crippen LogP contribution >= 0.6 is 11.6 Å². The molecular weight excluding hydrogens is 280 g/mol. The van der Waals surface area contributed by atoms with Crippen LogP contribution in [-0.2, 0) is 14.3 Å². The van der Waals surface area contributed by atoms with Crippen LogP contribution in [-0.4, -0.2) is 24.6 Å². The number of hydrogen-bond donors (Lipinski definition) is 0. The summed E-state index contributed by atoms with van der Waals surface area (Å²) in [5.74, 6) is -0.977. The van der Waals surface area contributed by atoms with E-state index in [0.29, 0.717) is 10.6 Å². The van der Waals surface area contributed by atoms with Crippen molar-refractivity contribution in [2.45, 2.75) is 26.4 Å². The number of carbonyl (C=O) groups is 2. The SMILES string of the molecule is COC(=O)c1cc(/C=C/C(=O)OC(C)(C)C)ccc1Cl. The molecule has 1 aromatic carbocycles. The first-order chi connectivity index (χ1) is 9.23. The van der Waals surface area contributed by atoms with Gasteiger partial charge in [-0.1, -0.05) is 17.7 Å². The molecule has 0 fully saturated rings. The second-order valence-electron chi connectivity index (χ2n) is 5.10. The molecule has 0 aromatic heterocycles. The highest BCUT2D eigenvalue weighted by molar-refractivity contribution is 6.33. The third-order valence-electron chi connectivity index (χ3n) is 2.21. The summed E-state index contributed by atoms with van der Waals surface area (Å²) in [5, 5.41) is 0.297. The number of carbonyl (C=O) groups excluding carboxylic acids is 2. The lowest BCUT2D eigenvalue weighted by atomic mass is 10.1. The van der Waals surface area contributed by atoms with Gasteiger partial charge in [-0.2, -0.15) is 0 Å². The molecule has 0 atom stereocenters. The lowest BCUT2D eigenvalue weighted by Crippen LogP contribution is -2.22. The number of benzene rings is 1. The fourth-order valence-corrected chi connectivity index (χ4v) is 1.61. The van der Waals surface area contributed by atoms with Crippen molar-refractivity contribution in [3.8, 4) is 0 Å². The predicted octanol–water partition coefficient (Wildman–Crippen LogP) is 3.48. The molecule has 0 aliphatic rings. The van der Waals surface area contributed by atoms with Gasteiger partial charge in [0, 0.05) is 6.08 Å². The Bertz CT molecular complexity index is 541. The van der Waals surface area contributed by atoms with Crippen LogP contribution in [0.3, 0.4) is 0 Å². The summed E-state index contributed by atoms with van der Waals surface area (Å²) >= 11 is 5.90. The summed E-state index contributed by atoms with van der Waals surface area (Å²) in [7, 11) is 1.28. The first-order valence-electron chi connectivity index (χ1n) is 6.02. The summed E-state index contributed by atoms with van der Waals surface area (Å²) in [4.78, 5) is 23.0. The fraction of sp³-hybridized carbons (Fsp3) is 0.333. The maximum atomic E-state index is 11.5. The van der Waals surface area contributed by atoms with Gasteiger partial charge < -0.3 is 9.47 Å². The van der Waals surface area contributed by atoms with Crippen molar-refractivity contribution in [2.24, 2.45) is 0 Å². The van der Waals surface area contributed by atoms with Crippen molar-refractivity contribution in [3.05, 3.63) is 40.4 Å². The molecule has 0 aliphatic carbocycles. The molecule has 0 spiro atoms. The van der Waals surface area contributed by atoms with E-state index in [1.165, 1.54) is 13.2 Å². The maximum absolute atomic E-state index is 11.5. The standard InChI is InChI=1S/C15H17ClO4/c1-15(2,3)20-13(17)8-6-10-5-7-12(16)11(9-10)14(18)19-4/h5-9H,1-4H3/b8-6+. The van der Waals surface area contributed by atoms with E-state index in [-0.39, 0.29) is 5.56 Å². The van der Waals surface area contributed by atoms with Gasteiger partial charge in [0.05, 0.1) is 17.7 Å². The average Bonchev–Trinajstić information content (AvgIpc) is 2.35. The van der Waals surface area contributed by atoms with Crippen molar-refractivity contribution in [1.29, 1.82) is 0 Å². The normalized spacial score (nSPS) is 11.4. The third kappa shape index (κ3) is 5.05. The van der Waals surface area contributed by atoms with Crippen LogP contribution < -0.4 is 0 Å². The van der Waals surface area contributed by atoms with Crippen molar-refractivity contribution in [3.63, 3.8) is 0 Å². The van der Waals surface area contributed by atoms with E-state index < -0.39 is 17.5 Å². The minimum Gasteiger partial charge on any atom is -0.465 e. The van der Waals surface area contributed by atoms with Gasteiger partial charge >= 0.3 is 11.9 Å². The number of esters is 2. The number of ether oxygens (including phenoxy) is 2. The Morgan fingerprint density at radius 1 is 1.25 bits per heavy atom. The molecule has 4 nitrogen and oxygen atoms in total. The molecule has 0 heterocycles. The molecule has 0 saturated heterocycles. The maximum Gasteiger partial charge on any atom is 0.339 e. The van der Waals surface area contributed by atoms with Gasteiger partial charge in [-0.3, -0.25) is 0 Å². The monoisotopic (exact) mass is 296 g/mol. The largest absolute Gasteiger partial charge is 0.465 e. The molecule has 0 amide bonds. The first kappa shape index (κ1) is 16.2. The van der Waals surface area contributed by atoms with Crippen molar-refractivity contribution < 1.29 is 19.1 Å². The highest BCUT2D eigenvalue weighted by Gasteiger charge is 2.14. The van der Waals surface area contributed by atoms with Gasteiger partial charge in [0.15, 0.2) is 0 Å². The van der Waals surface area contributed by atoms with Gasteiger partial charge in [-0.05, 0) is 44.5 Å². The molecule has 1 rings (SSSR count). The highest BCUT2D eigenvalue weighted by atomic mass is 35.5. The Hall–Kier alpha value is -1.81. The lowest BCUT2D eigenvalue weighted by Gasteiger charge is -2.17. The smallest absolute Gasteiger partial charge is 0.339 e. The summed E-state index contributed by atoms with van der Waals surface area (Å²) in [6.07, 6.45) is 2.85. The van der Waals surface area contributed by atoms with Crippen LogP contribution in [0.2, 0.25) is 5.02 Å². The van der Waals surface area contributed by atoms with Crippen molar-refractivity contribution in [2.75, 3.05) is 7.11 Å². The first-order valence-corrected chi connectivity index (χ1v) is 6.39. The van der Waals surface area contributed by atoms with Crippen molar-refractivity contribution >= 4 is 29.6 Å². The molecule has 0 saturated carbocycles. The third-order valence-corrected chi connectivity index (χ3v) is 2.54. The van der Waals surface area contributed by atoms with Crippen LogP contribution in [0.25, 0.3) is 6.08 Å². The number of hydrogen-bond acceptors (Lipinski definition) is 4. The Morgan fingerprint density at radius 3 is 2.45 bits per heavy atom. The van der Waals surface area contributed by atoms with Crippen molar-refractivity contribution in [1.82, 2.24) is 0 Å². The van der Waals surface area contributed by atoms with Gasteiger partial charge in [-0.15, -0.1) is 0 Å². The lowest BCUT2D eigenvalue weighted by molar-refractivity contribution is -0.148. The van der Waals surface area contributed by atoms with Crippen LogP contribution in [0.4, 0.5) is 0 Å². The molecular formula is C15H17ClO4. The minimum atomic E-state index is -0.543. The second-order valence-corrected chi connectivity index (χ2v) is 5.50. The van der Waals surface area contributed by atoms with E-state index in [1.807, 2.05) is 0 Å². The number of methoxy groups -OCH3 is 1. The average molecular weight is 297 g/mol. The summed E-state index contributed by atoms with van der Waals surface area (Å²) in [6, 6.07) is 4.81. The fourth-order valence-electron chi connectivity index (χ4n) is 1.41. The van der Waals surface area contributed by atoms with Crippen LogP contribution in [0.5, 0.6) is 0 Å². The summed E-state index contributed by atoms with van der Waals surface area (Å²) < 4.78 is 9.76. The van der Waals surface area contributed by atoms with Gasteiger partial charge in [0.1, 0.15) is 5.60 Å². The minimum absolute atomic E-state index is 0.250. The topological polar surface area (TPSA) is 52.6 Å². The zero-order valence-electron chi connectivity index (χ0n) is 11.9. The van der Waals surface area contributed by atoms with E-state index >= 15 is 0 Å². The van der Waals surface area contributed by atoms with E-state index in [9.17, 15) is 9.59 Å². The Balaban J connectivity index is 2.88. The molecule has 0 aliphatic heterocycles. The molecule has 0 bridgehead atoms. The molecule has 0 unspecified atom stereocenters. The molecule has 5 heteroatoms. The van der Waals surface area contributed by atoms with E-state index in [4.69, 9.17) is 16.3 Å². The van der Waals surface area contributed by atoms with E-state index in [0.717, 1.165) is 0 Å². The summed E-state index contributed by atoms with van der Waals surface area (Å²) in [6.45, 7) is 5.36. The molecule has 0 radical (unpaired) electrons. The van der Waals surface area contributed by atoms with E-state index in [2.05, 4.69) is 4.74 Å². The predicted molar refractivity (Wildman–Crippen MR) is 77.7 cm³/mol. The molecule has 1 aromatic rings. The molecule has 0 N–H and O–H groups in total. The van der Waals surface area contributed by atoms with Gasteiger partial charge in [-0.25, -0.2) is 9.59 Å². The molecule has 20 heavy (non-hydrogen) atoms. The van der Waals surface area contributed by atoms with E-state index in [1.54, 1.807) is 45.0 Å². The number of rotatable bonds is 3. The number of halogens is 1. The zero-order chi connectivity index (χ0) is 15.3. The van der Waals surface area contributed by atoms with Gasteiger partial charge in [0.25, 0.3) is 0 Å². The highest BCUT2D eigenvalue weighted by Crippen LogP contribution is 2.19. The Kier molecular flexibility index (Phi) is 5.34. The second kappa shape index (κ2) is 6.57. The van der Waals surface area contributed by atoms with Crippen LogP contribution in [0.1, 0.15) is 36.7 Å². The zero-order valence-corrected chi connectivity index (χ0v) is 12.7. The molecule has 108 valence electrons. The Labute approximate surface area is 123 Å².